The molecule has 2 aliphatic heterocycles. The Morgan fingerprint density at radius 2 is 1.92 bits per heavy atom. The summed E-state index contributed by atoms with van der Waals surface area (Å²) in [5, 5.41) is 7.25. The van der Waals surface area contributed by atoms with Gasteiger partial charge in [0.15, 0.2) is 0 Å². The lowest BCUT2D eigenvalue weighted by atomic mass is 9.71. The third-order valence-electron chi connectivity index (χ3n) is 8.19. The lowest BCUT2D eigenvalue weighted by Crippen LogP contribution is -2.54. The molecule has 0 spiro atoms. The van der Waals surface area contributed by atoms with Crippen molar-refractivity contribution in [2.45, 2.75) is 63.1 Å². The number of piperidine rings is 1. The van der Waals surface area contributed by atoms with Gasteiger partial charge in [0.2, 0.25) is 0 Å². The average Bonchev–Trinajstić information content (AvgIpc) is 2.89. The third kappa shape index (κ3) is 5.71. The van der Waals surface area contributed by atoms with Gasteiger partial charge < -0.3 is 25.0 Å². The second-order valence-electron chi connectivity index (χ2n) is 10.5. The van der Waals surface area contributed by atoms with Crippen LogP contribution in [0.25, 0.3) is 0 Å². The van der Waals surface area contributed by atoms with Gasteiger partial charge in [0, 0.05) is 51.0 Å². The number of methoxy groups -OCH3 is 1. The summed E-state index contributed by atoms with van der Waals surface area (Å²) in [6.45, 7) is 5.70. The molecule has 1 aromatic carbocycles. The highest BCUT2D eigenvalue weighted by Crippen LogP contribution is 2.41. The summed E-state index contributed by atoms with van der Waals surface area (Å²) in [6, 6.07) is 11.5. The minimum Gasteiger partial charge on any atom is -0.379 e. The molecule has 1 amide bonds. The molecule has 8 nitrogen and oxygen atoms in total. The number of aromatic nitrogens is 2. The lowest BCUT2D eigenvalue weighted by Gasteiger charge is -2.38. The number of hydrogen-bond acceptors (Lipinski definition) is 7. The van der Waals surface area contributed by atoms with E-state index in [1.54, 1.807) is 7.11 Å². The molecule has 5 rings (SSSR count). The van der Waals surface area contributed by atoms with Crippen LogP contribution in [0.2, 0.25) is 0 Å². The summed E-state index contributed by atoms with van der Waals surface area (Å²) >= 11 is 0. The predicted octanol–water partition coefficient (Wildman–Crippen LogP) is 3.39. The Bertz CT molecular complexity index is 1010. The van der Waals surface area contributed by atoms with Crippen molar-refractivity contribution in [1.29, 1.82) is 0 Å². The van der Waals surface area contributed by atoms with Crippen LogP contribution in [0.15, 0.2) is 36.7 Å². The number of likely N-dealkylation sites (tertiary alicyclic amines) is 1. The number of nitrogens with one attached hydrogen (secondary N) is 2. The van der Waals surface area contributed by atoms with Crippen molar-refractivity contribution in [3.63, 3.8) is 0 Å². The molecule has 3 fully saturated rings. The molecule has 0 radical (unpaired) electrons. The van der Waals surface area contributed by atoms with Crippen molar-refractivity contribution in [3.05, 3.63) is 53.5 Å². The van der Waals surface area contributed by atoms with E-state index in [0.717, 1.165) is 56.9 Å². The summed E-state index contributed by atoms with van der Waals surface area (Å²) < 4.78 is 11.1. The molecule has 1 aromatic heterocycles. The van der Waals surface area contributed by atoms with E-state index < -0.39 is 0 Å². The summed E-state index contributed by atoms with van der Waals surface area (Å²) in [6.07, 6.45) is 6.81. The molecule has 3 aliphatic rings. The van der Waals surface area contributed by atoms with Gasteiger partial charge in [0.05, 0.1) is 12.7 Å². The third-order valence-corrected chi connectivity index (χ3v) is 8.19. The van der Waals surface area contributed by atoms with Gasteiger partial charge >= 0.3 is 0 Å². The molecule has 2 N–H and O–H groups in total. The van der Waals surface area contributed by atoms with E-state index in [4.69, 9.17) is 9.47 Å². The SMILES string of the molecule is COC1COCC[C@@H]1NC1CCN(C(=O)c2ncnc(NCC3CC(c4ccccc4)C3)c2C)CC1. The molecule has 194 valence electrons. The molecule has 2 atom stereocenters. The van der Waals surface area contributed by atoms with Gasteiger partial charge in [-0.2, -0.15) is 0 Å². The molecule has 1 unspecified atom stereocenters. The molecule has 36 heavy (non-hydrogen) atoms. The van der Waals surface area contributed by atoms with E-state index >= 15 is 0 Å². The zero-order valence-corrected chi connectivity index (χ0v) is 21.5. The minimum atomic E-state index is 0.00465. The number of nitrogens with zero attached hydrogens (tertiary/aromatic N) is 3. The van der Waals surface area contributed by atoms with Crippen LogP contribution in [-0.2, 0) is 9.47 Å². The van der Waals surface area contributed by atoms with E-state index in [9.17, 15) is 4.79 Å². The molecular formula is C28H39N5O3. The van der Waals surface area contributed by atoms with Crippen molar-refractivity contribution >= 4 is 11.7 Å². The predicted molar refractivity (Wildman–Crippen MR) is 139 cm³/mol. The van der Waals surface area contributed by atoms with Crippen LogP contribution in [-0.4, -0.2) is 78.9 Å². The first-order valence-corrected chi connectivity index (χ1v) is 13.4. The Morgan fingerprint density at radius 1 is 1.14 bits per heavy atom. The quantitative estimate of drug-likeness (QED) is 0.583. The Morgan fingerprint density at radius 3 is 2.67 bits per heavy atom. The normalized spacial score (nSPS) is 26.9. The number of benzene rings is 1. The molecule has 3 heterocycles. The van der Waals surface area contributed by atoms with Gasteiger partial charge in [-0.1, -0.05) is 30.3 Å². The Labute approximate surface area is 214 Å². The van der Waals surface area contributed by atoms with Gasteiger partial charge in [-0.3, -0.25) is 4.79 Å². The number of hydrogen-bond donors (Lipinski definition) is 2. The van der Waals surface area contributed by atoms with Crippen LogP contribution >= 0.6 is 0 Å². The van der Waals surface area contributed by atoms with Gasteiger partial charge in [0.1, 0.15) is 17.8 Å². The van der Waals surface area contributed by atoms with Crippen molar-refractivity contribution in [2.75, 3.05) is 45.3 Å². The maximum atomic E-state index is 13.3. The fourth-order valence-corrected chi connectivity index (χ4v) is 5.82. The number of ether oxygens (including phenoxy) is 2. The van der Waals surface area contributed by atoms with Crippen LogP contribution in [0, 0.1) is 12.8 Å². The summed E-state index contributed by atoms with van der Waals surface area (Å²) in [5.74, 6) is 2.07. The van der Waals surface area contributed by atoms with Crippen molar-refractivity contribution in [3.8, 4) is 0 Å². The van der Waals surface area contributed by atoms with E-state index in [1.165, 1.54) is 24.7 Å². The van der Waals surface area contributed by atoms with Crippen LogP contribution < -0.4 is 10.6 Å². The Kier molecular flexibility index (Phi) is 8.14. The van der Waals surface area contributed by atoms with Gasteiger partial charge in [-0.15, -0.1) is 0 Å². The molecule has 2 aromatic rings. The molecule has 0 bridgehead atoms. The largest absolute Gasteiger partial charge is 0.379 e. The lowest BCUT2D eigenvalue weighted by molar-refractivity contribution is -0.0533. The van der Waals surface area contributed by atoms with Crippen molar-refractivity contribution in [1.82, 2.24) is 20.2 Å². The molecule has 8 heteroatoms. The highest BCUT2D eigenvalue weighted by atomic mass is 16.5. The standard InChI is InChI=1S/C28H39N5O3/c1-19-26(28(34)33-11-8-23(9-12-33)32-24-10-13-36-17-25(24)35-2)30-18-31-27(19)29-16-20-14-22(15-20)21-6-4-3-5-7-21/h3-7,18,20,22-25,32H,8-17H2,1-2H3,(H,29,30,31)/t20?,22?,24-,25?/m0/s1. The fraction of sp³-hybridized carbons (Fsp3) is 0.607. The number of rotatable bonds is 8. The highest BCUT2D eigenvalue weighted by Gasteiger charge is 2.32. The van der Waals surface area contributed by atoms with Gasteiger partial charge in [-0.25, -0.2) is 9.97 Å². The van der Waals surface area contributed by atoms with E-state index in [0.29, 0.717) is 36.2 Å². The maximum absolute atomic E-state index is 13.3. The summed E-state index contributed by atoms with van der Waals surface area (Å²) in [4.78, 5) is 24.1. The van der Waals surface area contributed by atoms with Crippen molar-refractivity contribution in [2.24, 2.45) is 5.92 Å². The topological polar surface area (TPSA) is 88.6 Å². The number of amides is 1. The minimum absolute atomic E-state index is 0.00465. The molecular weight excluding hydrogens is 454 g/mol. The molecule has 2 saturated heterocycles. The van der Waals surface area contributed by atoms with Crippen LogP contribution in [0.1, 0.15) is 59.6 Å². The summed E-state index contributed by atoms with van der Waals surface area (Å²) in [7, 11) is 1.75. The van der Waals surface area contributed by atoms with Crippen LogP contribution in [0.5, 0.6) is 0 Å². The molecule has 1 aliphatic carbocycles. The number of carbonyl (C=O) groups is 1. The molecule has 1 saturated carbocycles. The fourth-order valence-electron chi connectivity index (χ4n) is 5.82. The Hall–Kier alpha value is -2.55. The Balaban J connectivity index is 1.11. The van der Waals surface area contributed by atoms with Gasteiger partial charge in [-0.05, 0) is 56.4 Å². The highest BCUT2D eigenvalue weighted by molar-refractivity contribution is 5.94. The summed E-state index contributed by atoms with van der Waals surface area (Å²) in [5.41, 5.74) is 2.79. The maximum Gasteiger partial charge on any atom is 0.272 e. The van der Waals surface area contributed by atoms with E-state index in [1.807, 2.05) is 11.8 Å². The zero-order valence-electron chi connectivity index (χ0n) is 21.5. The van der Waals surface area contributed by atoms with Crippen molar-refractivity contribution < 1.29 is 14.3 Å². The smallest absolute Gasteiger partial charge is 0.272 e. The first-order valence-electron chi connectivity index (χ1n) is 13.4. The van der Waals surface area contributed by atoms with Crippen LogP contribution in [0.3, 0.4) is 0 Å². The first-order chi connectivity index (χ1) is 17.6. The second-order valence-corrected chi connectivity index (χ2v) is 10.5. The zero-order chi connectivity index (χ0) is 24.9. The van der Waals surface area contributed by atoms with E-state index in [-0.39, 0.29) is 12.0 Å². The number of carbonyl (C=O) groups excluding carboxylic acids is 1. The second kappa shape index (κ2) is 11.7. The monoisotopic (exact) mass is 493 g/mol. The average molecular weight is 494 g/mol. The first kappa shape index (κ1) is 25.1. The number of anilines is 1. The van der Waals surface area contributed by atoms with E-state index in [2.05, 4.69) is 50.9 Å². The van der Waals surface area contributed by atoms with Gasteiger partial charge in [0.25, 0.3) is 5.91 Å². The van der Waals surface area contributed by atoms with Crippen LogP contribution in [0.4, 0.5) is 5.82 Å².